The Morgan fingerprint density at radius 3 is 2.32 bits per heavy atom. The molecule has 0 unspecified atom stereocenters. The number of halogens is 4. The SMILES string of the molecule is CC(C)O/N=C/COCCCCCOc1c(Cl)cc(OCC=C(Cl)Cl)cc1Cl. The Kier molecular flexibility index (Phi) is 13.5. The third-order valence-electron chi connectivity index (χ3n) is 3.18. The number of benzene rings is 1. The fourth-order valence-electron chi connectivity index (χ4n) is 1.95. The first-order chi connectivity index (χ1) is 13.4. The molecule has 0 saturated heterocycles. The molecule has 1 rings (SSSR count). The molecule has 0 bridgehead atoms. The first kappa shape index (κ1) is 25.2. The first-order valence-electron chi connectivity index (χ1n) is 8.91. The van der Waals surface area contributed by atoms with E-state index in [9.17, 15) is 0 Å². The lowest BCUT2D eigenvalue weighted by Crippen LogP contribution is -2.02. The molecule has 0 aliphatic heterocycles. The molecule has 1 aromatic carbocycles. The summed E-state index contributed by atoms with van der Waals surface area (Å²) in [5.41, 5.74) is 0. The first-order valence-corrected chi connectivity index (χ1v) is 10.4. The average molecular weight is 473 g/mol. The molecule has 0 aliphatic carbocycles. The molecule has 9 heteroatoms. The lowest BCUT2D eigenvalue weighted by atomic mass is 10.2. The molecule has 0 saturated carbocycles. The van der Waals surface area contributed by atoms with Crippen molar-refractivity contribution in [2.24, 2.45) is 5.16 Å². The second-order valence-corrected chi connectivity index (χ2v) is 7.77. The second kappa shape index (κ2) is 15.1. The summed E-state index contributed by atoms with van der Waals surface area (Å²) in [5, 5.41) is 4.55. The largest absolute Gasteiger partial charge is 0.490 e. The Morgan fingerprint density at radius 2 is 1.68 bits per heavy atom. The minimum Gasteiger partial charge on any atom is -0.490 e. The van der Waals surface area contributed by atoms with E-state index in [1.807, 2.05) is 13.8 Å². The van der Waals surface area contributed by atoms with Crippen LogP contribution in [0.25, 0.3) is 0 Å². The molecule has 28 heavy (non-hydrogen) atoms. The summed E-state index contributed by atoms with van der Waals surface area (Å²) in [5.74, 6) is 0.951. The number of oxime groups is 1. The molecular weight excluding hydrogens is 448 g/mol. The van der Waals surface area contributed by atoms with Crippen molar-refractivity contribution >= 4 is 52.6 Å². The molecule has 5 nitrogen and oxygen atoms in total. The van der Waals surface area contributed by atoms with Crippen LogP contribution in [-0.4, -0.2) is 38.7 Å². The maximum Gasteiger partial charge on any atom is 0.156 e. The van der Waals surface area contributed by atoms with Gasteiger partial charge in [-0.25, -0.2) is 0 Å². The number of rotatable bonds is 14. The summed E-state index contributed by atoms with van der Waals surface area (Å²) in [6, 6.07) is 3.27. The molecule has 1 aromatic rings. The topological polar surface area (TPSA) is 49.3 Å². The Labute approximate surface area is 186 Å². The molecule has 0 radical (unpaired) electrons. The van der Waals surface area contributed by atoms with E-state index in [4.69, 9.17) is 65.5 Å². The highest BCUT2D eigenvalue weighted by Crippen LogP contribution is 2.37. The van der Waals surface area contributed by atoms with E-state index < -0.39 is 0 Å². The Balaban J connectivity index is 2.21. The average Bonchev–Trinajstić information content (AvgIpc) is 2.61. The molecule has 0 amide bonds. The van der Waals surface area contributed by atoms with Gasteiger partial charge in [0.05, 0.1) is 29.5 Å². The van der Waals surface area contributed by atoms with Crippen molar-refractivity contribution in [3.8, 4) is 11.5 Å². The van der Waals surface area contributed by atoms with Crippen LogP contribution in [0.1, 0.15) is 33.1 Å². The highest BCUT2D eigenvalue weighted by molar-refractivity contribution is 6.55. The van der Waals surface area contributed by atoms with Crippen LogP contribution in [0, 0.1) is 0 Å². The van der Waals surface area contributed by atoms with Crippen molar-refractivity contribution in [3.63, 3.8) is 0 Å². The van der Waals surface area contributed by atoms with E-state index >= 15 is 0 Å². The minimum absolute atomic E-state index is 0.0779. The van der Waals surface area contributed by atoms with Crippen LogP contribution in [0.5, 0.6) is 11.5 Å². The minimum atomic E-state index is 0.0779. The zero-order valence-electron chi connectivity index (χ0n) is 15.9. The molecule has 158 valence electrons. The second-order valence-electron chi connectivity index (χ2n) is 5.95. The van der Waals surface area contributed by atoms with Crippen LogP contribution in [0.2, 0.25) is 10.0 Å². The van der Waals surface area contributed by atoms with Gasteiger partial charge in [0, 0.05) is 18.7 Å². The van der Waals surface area contributed by atoms with Crippen molar-refractivity contribution in [2.45, 2.75) is 39.2 Å². The van der Waals surface area contributed by atoms with E-state index in [1.165, 1.54) is 6.08 Å². The predicted molar refractivity (Wildman–Crippen MR) is 117 cm³/mol. The van der Waals surface area contributed by atoms with E-state index in [1.54, 1.807) is 18.3 Å². The van der Waals surface area contributed by atoms with Crippen molar-refractivity contribution in [1.82, 2.24) is 0 Å². The molecule has 0 fully saturated rings. The normalized spacial score (nSPS) is 11.1. The van der Waals surface area contributed by atoms with Crippen LogP contribution in [0.4, 0.5) is 0 Å². The Morgan fingerprint density at radius 1 is 1.00 bits per heavy atom. The fraction of sp³-hybridized carbons (Fsp3) is 0.526. The summed E-state index contributed by atoms with van der Waals surface area (Å²) in [6.07, 6.45) is 5.95. The van der Waals surface area contributed by atoms with Crippen LogP contribution in [0.3, 0.4) is 0 Å². The lowest BCUT2D eigenvalue weighted by molar-refractivity contribution is 0.0840. The Bertz CT molecular complexity index is 611. The number of unbranched alkanes of at least 4 members (excludes halogenated alkanes) is 2. The maximum absolute atomic E-state index is 6.22. The van der Waals surface area contributed by atoms with Crippen LogP contribution in [-0.2, 0) is 9.57 Å². The summed E-state index contributed by atoms with van der Waals surface area (Å²) >= 11 is 23.5. The van der Waals surface area contributed by atoms with Crippen molar-refractivity contribution in [1.29, 1.82) is 0 Å². The van der Waals surface area contributed by atoms with E-state index in [0.717, 1.165) is 19.3 Å². The van der Waals surface area contributed by atoms with Gasteiger partial charge in [0.15, 0.2) is 5.75 Å². The standard InChI is InChI=1S/C19H25Cl4NO4/c1-14(2)28-24-7-11-25-8-4-3-5-9-27-19-16(20)12-15(13-17(19)21)26-10-6-18(22)23/h6-7,12-14H,3-5,8-11H2,1-2H3/b24-7+. The van der Waals surface area contributed by atoms with Gasteiger partial charge < -0.3 is 19.0 Å². The van der Waals surface area contributed by atoms with Gasteiger partial charge in [0.1, 0.15) is 23.0 Å². The van der Waals surface area contributed by atoms with Gasteiger partial charge in [-0.3, -0.25) is 0 Å². The van der Waals surface area contributed by atoms with Gasteiger partial charge in [-0.2, -0.15) is 0 Å². The molecular formula is C19H25Cl4NO4. The molecule has 0 N–H and O–H groups in total. The summed E-state index contributed by atoms with van der Waals surface area (Å²) in [6.45, 7) is 5.65. The third-order valence-corrected chi connectivity index (χ3v) is 4.05. The zero-order chi connectivity index (χ0) is 20.8. The Hall–Kier alpha value is -0.850. The van der Waals surface area contributed by atoms with Crippen molar-refractivity contribution < 1.29 is 19.0 Å². The van der Waals surface area contributed by atoms with Gasteiger partial charge in [0.2, 0.25) is 0 Å². The van der Waals surface area contributed by atoms with Crippen LogP contribution >= 0.6 is 46.4 Å². The van der Waals surface area contributed by atoms with Crippen molar-refractivity contribution in [3.05, 3.63) is 32.7 Å². The molecule has 0 aliphatic rings. The third kappa shape index (κ3) is 11.9. The zero-order valence-corrected chi connectivity index (χ0v) is 19.0. The fourth-order valence-corrected chi connectivity index (χ4v) is 2.65. The maximum atomic E-state index is 6.22. The van der Waals surface area contributed by atoms with Crippen LogP contribution < -0.4 is 9.47 Å². The molecule has 0 spiro atoms. The highest BCUT2D eigenvalue weighted by atomic mass is 35.5. The van der Waals surface area contributed by atoms with Crippen molar-refractivity contribution in [2.75, 3.05) is 26.4 Å². The summed E-state index contributed by atoms with van der Waals surface area (Å²) in [7, 11) is 0. The smallest absolute Gasteiger partial charge is 0.156 e. The monoisotopic (exact) mass is 471 g/mol. The molecule has 0 aromatic heterocycles. The highest BCUT2D eigenvalue weighted by Gasteiger charge is 2.10. The quantitative estimate of drug-likeness (QED) is 0.172. The van der Waals surface area contributed by atoms with Gasteiger partial charge in [-0.1, -0.05) is 51.6 Å². The van der Waals surface area contributed by atoms with E-state index in [-0.39, 0.29) is 17.2 Å². The van der Waals surface area contributed by atoms with Gasteiger partial charge in [-0.05, 0) is 39.2 Å². The summed E-state index contributed by atoms with van der Waals surface area (Å²) in [4.78, 5) is 5.03. The summed E-state index contributed by atoms with van der Waals surface area (Å²) < 4.78 is 16.7. The van der Waals surface area contributed by atoms with Crippen LogP contribution in [0.15, 0.2) is 27.9 Å². The molecule has 0 atom stereocenters. The van der Waals surface area contributed by atoms with Gasteiger partial charge in [-0.15, -0.1) is 0 Å². The predicted octanol–water partition coefficient (Wildman–Crippen LogP) is 6.67. The molecule has 0 heterocycles. The van der Waals surface area contributed by atoms with E-state index in [2.05, 4.69) is 5.16 Å². The lowest BCUT2D eigenvalue weighted by Gasteiger charge is -2.12. The van der Waals surface area contributed by atoms with E-state index in [0.29, 0.717) is 41.4 Å². The van der Waals surface area contributed by atoms with Gasteiger partial charge >= 0.3 is 0 Å². The number of ether oxygens (including phenoxy) is 3. The van der Waals surface area contributed by atoms with Gasteiger partial charge in [0.25, 0.3) is 0 Å². The number of nitrogens with zero attached hydrogens (tertiary/aromatic N) is 1. The number of hydrogen-bond donors (Lipinski definition) is 0. The number of hydrogen-bond acceptors (Lipinski definition) is 5.